The van der Waals surface area contributed by atoms with Crippen LogP contribution in [0.2, 0.25) is 0 Å². The van der Waals surface area contributed by atoms with Crippen LogP contribution in [-0.4, -0.2) is 48.0 Å². The molecule has 0 heterocycles. The first-order valence-electron chi connectivity index (χ1n) is 5.47. The van der Waals surface area contributed by atoms with Crippen LogP contribution in [0.1, 0.15) is 19.3 Å². The smallest absolute Gasteiger partial charge is 0.329 e. The van der Waals surface area contributed by atoms with Gasteiger partial charge in [0.1, 0.15) is 12.1 Å². The van der Waals surface area contributed by atoms with Gasteiger partial charge in [0.15, 0.2) is 5.90 Å². The molecule has 0 bridgehead atoms. The molecule has 0 saturated heterocycles. The predicted octanol–water partition coefficient (Wildman–Crippen LogP) is -2.05. The maximum Gasteiger partial charge on any atom is 0.329 e. The van der Waals surface area contributed by atoms with Gasteiger partial charge in [-0.3, -0.25) is 14.6 Å². The molecule has 7 N–H and O–H groups in total. The van der Waals surface area contributed by atoms with E-state index in [1.807, 2.05) is 0 Å². The number of esters is 1. The SMILES string of the molecule is CN=C(CC(N)C(=O)O)OC(=O)[C@@H](N)CCC(N)=O. The van der Waals surface area contributed by atoms with E-state index in [1.165, 1.54) is 7.05 Å². The van der Waals surface area contributed by atoms with Crippen molar-refractivity contribution in [3.8, 4) is 0 Å². The fourth-order valence-corrected chi connectivity index (χ4v) is 1.06. The number of nitrogens with zero attached hydrogens (tertiary/aromatic N) is 1. The molecule has 0 aromatic carbocycles. The Morgan fingerprint density at radius 1 is 1.26 bits per heavy atom. The number of rotatable bonds is 7. The first-order chi connectivity index (χ1) is 8.77. The maximum atomic E-state index is 11.5. The molecule has 0 aromatic heterocycles. The van der Waals surface area contributed by atoms with Crippen LogP contribution < -0.4 is 17.2 Å². The van der Waals surface area contributed by atoms with Gasteiger partial charge in [-0.25, -0.2) is 4.79 Å². The highest BCUT2D eigenvalue weighted by molar-refractivity contribution is 5.93. The second kappa shape index (κ2) is 8.16. The molecule has 0 aliphatic carbocycles. The molecule has 108 valence electrons. The molecule has 19 heavy (non-hydrogen) atoms. The Morgan fingerprint density at radius 2 is 1.84 bits per heavy atom. The topological polar surface area (TPSA) is 171 Å². The number of carbonyl (C=O) groups is 3. The number of amides is 1. The average Bonchev–Trinajstić information content (AvgIpc) is 2.34. The molecule has 0 radical (unpaired) electrons. The summed E-state index contributed by atoms with van der Waals surface area (Å²) < 4.78 is 4.81. The largest absolute Gasteiger partial charge is 0.480 e. The lowest BCUT2D eigenvalue weighted by Gasteiger charge is -2.13. The van der Waals surface area contributed by atoms with E-state index in [1.54, 1.807) is 0 Å². The quantitative estimate of drug-likeness (QED) is 0.235. The zero-order valence-electron chi connectivity index (χ0n) is 10.5. The number of carboxylic acid groups (broad SMARTS) is 1. The van der Waals surface area contributed by atoms with Crippen LogP contribution in [0.3, 0.4) is 0 Å². The number of nitrogens with two attached hydrogens (primary N) is 3. The number of carbonyl (C=O) groups excluding carboxylic acids is 2. The van der Waals surface area contributed by atoms with Gasteiger partial charge in [0.05, 0.1) is 0 Å². The van der Waals surface area contributed by atoms with Crippen molar-refractivity contribution in [3.63, 3.8) is 0 Å². The van der Waals surface area contributed by atoms with Crippen LogP contribution in [0, 0.1) is 0 Å². The van der Waals surface area contributed by atoms with Crippen molar-refractivity contribution in [2.45, 2.75) is 31.3 Å². The van der Waals surface area contributed by atoms with E-state index in [9.17, 15) is 14.4 Å². The van der Waals surface area contributed by atoms with Crippen LogP contribution in [0.5, 0.6) is 0 Å². The van der Waals surface area contributed by atoms with Crippen molar-refractivity contribution in [2.75, 3.05) is 7.05 Å². The second-order valence-electron chi connectivity index (χ2n) is 3.80. The van der Waals surface area contributed by atoms with Gasteiger partial charge in [-0.05, 0) is 6.42 Å². The minimum absolute atomic E-state index is 0.0378. The molecule has 1 amide bonds. The monoisotopic (exact) mass is 274 g/mol. The molecule has 0 saturated carbocycles. The van der Waals surface area contributed by atoms with Gasteiger partial charge in [-0.1, -0.05) is 0 Å². The highest BCUT2D eigenvalue weighted by Gasteiger charge is 2.21. The van der Waals surface area contributed by atoms with Crippen LogP contribution >= 0.6 is 0 Å². The van der Waals surface area contributed by atoms with Crippen molar-refractivity contribution in [3.05, 3.63) is 0 Å². The Balaban J connectivity index is 4.35. The second-order valence-corrected chi connectivity index (χ2v) is 3.80. The summed E-state index contributed by atoms with van der Waals surface area (Å²) in [5.74, 6) is -2.77. The van der Waals surface area contributed by atoms with Crippen molar-refractivity contribution in [1.29, 1.82) is 0 Å². The molecule has 0 aliphatic rings. The third-order valence-electron chi connectivity index (χ3n) is 2.18. The number of primary amides is 1. The predicted molar refractivity (Wildman–Crippen MR) is 66.1 cm³/mol. The minimum atomic E-state index is -1.24. The lowest BCUT2D eigenvalue weighted by Crippen LogP contribution is -2.38. The van der Waals surface area contributed by atoms with Crippen LogP contribution in [-0.2, 0) is 19.1 Å². The summed E-state index contributed by atoms with van der Waals surface area (Å²) >= 11 is 0. The Morgan fingerprint density at radius 3 is 2.26 bits per heavy atom. The minimum Gasteiger partial charge on any atom is -0.480 e. The number of aliphatic carboxylic acids is 1. The van der Waals surface area contributed by atoms with E-state index in [-0.39, 0.29) is 25.2 Å². The average molecular weight is 274 g/mol. The highest BCUT2D eigenvalue weighted by Crippen LogP contribution is 2.01. The third kappa shape index (κ3) is 7.11. The summed E-state index contributed by atoms with van der Waals surface area (Å²) in [7, 11) is 1.33. The van der Waals surface area contributed by atoms with E-state index in [0.717, 1.165) is 0 Å². The molecule has 9 heteroatoms. The first-order valence-corrected chi connectivity index (χ1v) is 5.47. The number of carboxylic acids is 1. The van der Waals surface area contributed by atoms with E-state index >= 15 is 0 Å². The van der Waals surface area contributed by atoms with Crippen molar-refractivity contribution in [2.24, 2.45) is 22.2 Å². The molecule has 0 spiro atoms. The Labute approximate surface area is 109 Å². The zero-order valence-corrected chi connectivity index (χ0v) is 10.5. The number of hydrogen-bond acceptors (Lipinski definition) is 7. The summed E-state index contributed by atoms with van der Waals surface area (Å²) in [6.45, 7) is 0. The van der Waals surface area contributed by atoms with Crippen LogP contribution in [0.4, 0.5) is 0 Å². The fourth-order valence-electron chi connectivity index (χ4n) is 1.06. The van der Waals surface area contributed by atoms with Gasteiger partial charge in [0.2, 0.25) is 5.91 Å². The molecule has 2 atom stereocenters. The Hall–Kier alpha value is -2.00. The molecule has 1 unspecified atom stereocenters. The number of aliphatic imine (C=N–C) groups is 1. The third-order valence-corrected chi connectivity index (χ3v) is 2.18. The maximum absolute atomic E-state index is 11.5. The Bertz CT molecular complexity index is 382. The van der Waals surface area contributed by atoms with E-state index in [0.29, 0.717) is 0 Å². The summed E-state index contributed by atoms with van der Waals surface area (Å²) in [5.41, 5.74) is 15.7. The summed E-state index contributed by atoms with van der Waals surface area (Å²) in [6, 6.07) is -2.27. The van der Waals surface area contributed by atoms with Crippen LogP contribution in [0.15, 0.2) is 4.99 Å². The van der Waals surface area contributed by atoms with Gasteiger partial charge >= 0.3 is 11.9 Å². The lowest BCUT2D eigenvalue weighted by atomic mass is 10.1. The summed E-state index contributed by atoms with van der Waals surface area (Å²) in [5, 5.41) is 8.62. The van der Waals surface area contributed by atoms with Gasteiger partial charge in [0.25, 0.3) is 0 Å². The van der Waals surface area contributed by atoms with Crippen molar-refractivity contribution in [1.82, 2.24) is 0 Å². The fraction of sp³-hybridized carbons (Fsp3) is 0.600. The van der Waals surface area contributed by atoms with Crippen molar-refractivity contribution < 1.29 is 24.2 Å². The lowest BCUT2D eigenvalue weighted by molar-refractivity contribution is -0.140. The van der Waals surface area contributed by atoms with E-state index < -0.39 is 29.9 Å². The van der Waals surface area contributed by atoms with Gasteiger partial charge in [0, 0.05) is 19.9 Å². The Kier molecular flexibility index (Phi) is 7.30. The molecule has 0 aliphatic heterocycles. The standard InChI is InChI=1S/C10H18N4O5/c1-14-8(4-6(12)9(16)17)19-10(18)5(11)2-3-7(13)15/h5-6H,2-4,11-12H2,1H3,(H2,13,15)(H,16,17)/t5-,6?/m0/s1. The van der Waals surface area contributed by atoms with E-state index in [2.05, 4.69) is 4.99 Å². The van der Waals surface area contributed by atoms with Crippen molar-refractivity contribution >= 4 is 23.7 Å². The molecular formula is C10H18N4O5. The van der Waals surface area contributed by atoms with Gasteiger partial charge in [-0.2, -0.15) is 0 Å². The highest BCUT2D eigenvalue weighted by atomic mass is 16.5. The van der Waals surface area contributed by atoms with Crippen LogP contribution in [0.25, 0.3) is 0 Å². The molecule has 9 nitrogen and oxygen atoms in total. The normalized spacial score (nSPS) is 14.6. The van der Waals surface area contributed by atoms with Gasteiger partial charge < -0.3 is 27.0 Å². The molecule has 0 aromatic rings. The summed E-state index contributed by atoms with van der Waals surface area (Å²) in [4.78, 5) is 36.2. The zero-order chi connectivity index (χ0) is 15.0. The van der Waals surface area contributed by atoms with Gasteiger partial charge in [-0.15, -0.1) is 0 Å². The number of hydrogen-bond donors (Lipinski definition) is 4. The first kappa shape index (κ1) is 17.0. The number of ether oxygens (including phenoxy) is 1. The molecular weight excluding hydrogens is 256 g/mol. The molecule has 0 rings (SSSR count). The summed E-state index contributed by atoms with van der Waals surface area (Å²) in [6.07, 6.45) is -0.250. The van der Waals surface area contributed by atoms with E-state index in [4.69, 9.17) is 27.0 Å². The molecule has 0 fully saturated rings.